The van der Waals surface area contributed by atoms with E-state index in [4.69, 9.17) is 0 Å². The smallest absolute Gasteiger partial charge is 0.263 e. The number of aliphatic hydroxyl groups is 1. The van der Waals surface area contributed by atoms with E-state index in [1.54, 1.807) is 13.1 Å². The Hall–Kier alpha value is -1.92. The third kappa shape index (κ3) is 4.54. The van der Waals surface area contributed by atoms with Crippen molar-refractivity contribution in [1.82, 2.24) is 10.3 Å². The number of amides is 1. The zero-order valence-corrected chi connectivity index (χ0v) is 13.6. The van der Waals surface area contributed by atoms with E-state index in [1.165, 1.54) is 11.3 Å². The first-order valence-corrected chi connectivity index (χ1v) is 8.14. The fourth-order valence-corrected chi connectivity index (χ4v) is 2.81. The average molecular weight is 319 g/mol. The quantitative estimate of drug-likeness (QED) is 0.732. The number of rotatable bonds is 7. The Kier molecular flexibility index (Phi) is 5.91. The van der Waals surface area contributed by atoms with Crippen LogP contribution in [0.3, 0.4) is 0 Å². The second-order valence-electron chi connectivity index (χ2n) is 5.08. The van der Waals surface area contributed by atoms with Gasteiger partial charge in [-0.2, -0.15) is 0 Å². The highest BCUT2D eigenvalue weighted by Gasteiger charge is 2.19. The molecule has 3 N–H and O–H groups in total. The first kappa shape index (κ1) is 16.5. The van der Waals surface area contributed by atoms with Gasteiger partial charge >= 0.3 is 0 Å². The number of benzene rings is 1. The molecule has 2 unspecified atom stereocenters. The Balaban J connectivity index is 1.89. The maximum Gasteiger partial charge on any atom is 0.263 e. The van der Waals surface area contributed by atoms with Gasteiger partial charge in [-0.1, -0.05) is 41.7 Å². The van der Waals surface area contributed by atoms with Crippen molar-refractivity contribution in [1.29, 1.82) is 0 Å². The summed E-state index contributed by atoms with van der Waals surface area (Å²) in [5.74, 6) is -0.207. The molecule has 2 aromatic rings. The molecule has 0 aliphatic heterocycles. The molecule has 6 heteroatoms. The van der Waals surface area contributed by atoms with Crippen LogP contribution in [0.4, 0.5) is 5.13 Å². The molecule has 118 valence electrons. The van der Waals surface area contributed by atoms with E-state index in [0.717, 1.165) is 17.2 Å². The maximum absolute atomic E-state index is 12.1. The molecule has 0 saturated carbocycles. The number of aliphatic hydroxyl groups excluding tert-OH is 1. The van der Waals surface area contributed by atoms with Crippen LogP contribution in [0.1, 0.15) is 29.1 Å². The van der Waals surface area contributed by atoms with E-state index in [-0.39, 0.29) is 11.9 Å². The molecular formula is C16H21N3O2S. The van der Waals surface area contributed by atoms with Crippen LogP contribution in [0.2, 0.25) is 0 Å². The molecule has 0 fully saturated rings. The van der Waals surface area contributed by atoms with E-state index < -0.39 is 6.10 Å². The van der Waals surface area contributed by atoms with Crippen LogP contribution in [0, 0.1) is 0 Å². The van der Waals surface area contributed by atoms with Crippen molar-refractivity contribution < 1.29 is 9.90 Å². The minimum atomic E-state index is -0.632. The summed E-state index contributed by atoms with van der Waals surface area (Å²) < 4.78 is 0. The van der Waals surface area contributed by atoms with Crippen molar-refractivity contribution >= 4 is 22.4 Å². The van der Waals surface area contributed by atoms with Gasteiger partial charge in [0.15, 0.2) is 5.13 Å². The SMILES string of the molecule is CCNc1ncc(C(=O)NC(C)C(O)Cc2ccccc2)s1. The Morgan fingerprint density at radius 2 is 2.09 bits per heavy atom. The van der Waals surface area contributed by atoms with Gasteiger partial charge in [0.25, 0.3) is 5.91 Å². The lowest BCUT2D eigenvalue weighted by Crippen LogP contribution is -2.41. The number of aromatic nitrogens is 1. The van der Waals surface area contributed by atoms with Crippen molar-refractivity contribution in [2.45, 2.75) is 32.4 Å². The second kappa shape index (κ2) is 7.91. The van der Waals surface area contributed by atoms with Crippen molar-refractivity contribution in [3.8, 4) is 0 Å². The fourth-order valence-electron chi connectivity index (χ4n) is 2.02. The first-order chi connectivity index (χ1) is 10.6. The monoisotopic (exact) mass is 319 g/mol. The van der Waals surface area contributed by atoms with Gasteiger partial charge in [-0.05, 0) is 19.4 Å². The standard InChI is InChI=1S/C16H21N3O2S/c1-3-17-16-18-10-14(22-16)15(21)19-11(2)13(20)9-12-7-5-4-6-8-12/h4-8,10-11,13,20H,3,9H2,1-2H3,(H,17,18)(H,19,21). The molecule has 22 heavy (non-hydrogen) atoms. The van der Waals surface area contributed by atoms with Gasteiger partial charge in [-0.25, -0.2) is 4.98 Å². The number of hydrogen-bond acceptors (Lipinski definition) is 5. The van der Waals surface area contributed by atoms with E-state index in [0.29, 0.717) is 11.3 Å². The highest BCUT2D eigenvalue weighted by molar-refractivity contribution is 7.17. The van der Waals surface area contributed by atoms with Crippen molar-refractivity contribution in [2.75, 3.05) is 11.9 Å². The summed E-state index contributed by atoms with van der Waals surface area (Å²) in [6.45, 7) is 4.54. The van der Waals surface area contributed by atoms with Gasteiger partial charge in [0, 0.05) is 13.0 Å². The maximum atomic E-state index is 12.1. The van der Waals surface area contributed by atoms with Crippen molar-refractivity contribution in [3.63, 3.8) is 0 Å². The molecule has 0 aliphatic carbocycles. The van der Waals surface area contributed by atoms with Gasteiger partial charge in [-0.3, -0.25) is 4.79 Å². The Morgan fingerprint density at radius 3 is 2.77 bits per heavy atom. The largest absolute Gasteiger partial charge is 0.391 e. The van der Waals surface area contributed by atoms with Crippen LogP contribution >= 0.6 is 11.3 Å². The van der Waals surface area contributed by atoms with Crippen molar-refractivity contribution in [3.05, 3.63) is 47.0 Å². The molecule has 2 rings (SSSR count). The number of carbonyl (C=O) groups excluding carboxylic acids is 1. The first-order valence-electron chi connectivity index (χ1n) is 7.32. The van der Waals surface area contributed by atoms with E-state index in [9.17, 15) is 9.90 Å². The minimum Gasteiger partial charge on any atom is -0.391 e. The highest BCUT2D eigenvalue weighted by atomic mass is 32.1. The fraction of sp³-hybridized carbons (Fsp3) is 0.375. The summed E-state index contributed by atoms with van der Waals surface area (Å²) >= 11 is 1.31. The minimum absolute atomic E-state index is 0.207. The average Bonchev–Trinajstić information content (AvgIpc) is 2.97. The number of carbonyl (C=O) groups is 1. The van der Waals surface area contributed by atoms with Gasteiger partial charge in [0.1, 0.15) is 4.88 Å². The molecule has 0 radical (unpaired) electrons. The molecule has 0 bridgehead atoms. The summed E-state index contributed by atoms with van der Waals surface area (Å²) in [5, 5.41) is 16.8. The van der Waals surface area contributed by atoms with Gasteiger partial charge in [0.2, 0.25) is 0 Å². The van der Waals surface area contributed by atoms with E-state index >= 15 is 0 Å². The molecule has 0 aliphatic rings. The Bertz CT molecular complexity index is 600. The zero-order valence-electron chi connectivity index (χ0n) is 12.7. The van der Waals surface area contributed by atoms with E-state index in [1.807, 2.05) is 37.3 Å². The predicted octanol–water partition coefficient (Wildman–Crippen LogP) is 2.30. The van der Waals surface area contributed by atoms with Crippen LogP contribution in [-0.2, 0) is 6.42 Å². The number of nitrogens with one attached hydrogen (secondary N) is 2. The van der Waals surface area contributed by atoms with Gasteiger partial charge < -0.3 is 15.7 Å². The molecule has 0 spiro atoms. The third-order valence-corrected chi connectivity index (χ3v) is 4.23. The molecule has 5 nitrogen and oxygen atoms in total. The molecule has 1 amide bonds. The molecule has 0 saturated heterocycles. The third-order valence-electron chi connectivity index (χ3n) is 3.28. The van der Waals surface area contributed by atoms with Crippen LogP contribution in [-0.4, -0.2) is 34.7 Å². The number of anilines is 1. The van der Waals surface area contributed by atoms with E-state index in [2.05, 4.69) is 15.6 Å². The summed E-state index contributed by atoms with van der Waals surface area (Å²) in [6.07, 6.45) is 1.43. The Labute approximate surface area is 134 Å². The van der Waals surface area contributed by atoms with Crippen LogP contribution in [0.25, 0.3) is 0 Å². The second-order valence-corrected chi connectivity index (χ2v) is 6.11. The topological polar surface area (TPSA) is 74.2 Å². The van der Waals surface area contributed by atoms with Crippen LogP contribution in [0.15, 0.2) is 36.5 Å². The normalized spacial score (nSPS) is 13.4. The highest BCUT2D eigenvalue weighted by Crippen LogP contribution is 2.18. The van der Waals surface area contributed by atoms with Crippen LogP contribution in [0.5, 0.6) is 0 Å². The summed E-state index contributed by atoms with van der Waals surface area (Å²) in [4.78, 5) is 16.8. The molecule has 1 heterocycles. The lowest BCUT2D eigenvalue weighted by Gasteiger charge is -2.20. The number of nitrogens with zero attached hydrogens (tertiary/aromatic N) is 1. The molecule has 1 aromatic heterocycles. The molecule has 2 atom stereocenters. The van der Waals surface area contributed by atoms with Gasteiger partial charge in [0.05, 0.1) is 18.3 Å². The lowest BCUT2D eigenvalue weighted by atomic mass is 10.0. The molecule has 1 aromatic carbocycles. The summed E-state index contributed by atoms with van der Waals surface area (Å²) in [7, 11) is 0. The number of thiazole rings is 1. The predicted molar refractivity (Wildman–Crippen MR) is 89.4 cm³/mol. The zero-order chi connectivity index (χ0) is 15.9. The summed E-state index contributed by atoms with van der Waals surface area (Å²) in [6, 6.07) is 9.40. The number of hydrogen-bond donors (Lipinski definition) is 3. The van der Waals surface area contributed by atoms with Gasteiger partial charge in [-0.15, -0.1) is 0 Å². The molecular weight excluding hydrogens is 298 g/mol. The summed E-state index contributed by atoms with van der Waals surface area (Å²) in [5.41, 5.74) is 1.04. The Morgan fingerprint density at radius 1 is 1.36 bits per heavy atom. The van der Waals surface area contributed by atoms with Crippen LogP contribution < -0.4 is 10.6 Å². The lowest BCUT2D eigenvalue weighted by molar-refractivity contribution is 0.0855. The van der Waals surface area contributed by atoms with Crippen molar-refractivity contribution in [2.24, 2.45) is 0 Å².